The lowest BCUT2D eigenvalue weighted by molar-refractivity contribution is 0.181. The van der Waals surface area contributed by atoms with Crippen molar-refractivity contribution in [2.45, 2.75) is 46.1 Å². The van der Waals surface area contributed by atoms with Gasteiger partial charge in [0.1, 0.15) is 6.10 Å². The van der Waals surface area contributed by atoms with Gasteiger partial charge in [-0.25, -0.2) is 0 Å². The molecule has 0 amide bonds. The van der Waals surface area contributed by atoms with E-state index in [4.69, 9.17) is 0 Å². The molecule has 0 saturated carbocycles. The van der Waals surface area contributed by atoms with Crippen molar-refractivity contribution in [2.75, 3.05) is 0 Å². The predicted molar refractivity (Wildman–Crippen MR) is 55.9 cm³/mol. The van der Waals surface area contributed by atoms with E-state index in [1.54, 1.807) is 0 Å². The molecule has 0 unspecified atom stereocenters. The number of hydrogen-bond donors (Lipinski definition) is 1. The maximum atomic E-state index is 9.29. The molecule has 0 aliphatic heterocycles. The summed E-state index contributed by atoms with van der Waals surface area (Å²) in [6, 6.07) is 0. The zero-order valence-electron chi connectivity index (χ0n) is 8.72. The van der Waals surface area contributed by atoms with Gasteiger partial charge in [-0.05, 0) is 24.2 Å². The molecule has 0 bridgehead atoms. The fourth-order valence-electron chi connectivity index (χ4n) is 0.649. The van der Waals surface area contributed by atoms with Crippen LogP contribution in [0.15, 0.2) is 0 Å². The molecule has 0 aliphatic rings. The summed E-state index contributed by atoms with van der Waals surface area (Å²) in [4.78, 5) is 0. The molecule has 1 heteroatoms. The molecule has 0 radical (unpaired) electrons. The van der Waals surface area contributed by atoms with Crippen LogP contribution in [0.3, 0.4) is 0 Å². The highest BCUT2D eigenvalue weighted by Crippen LogP contribution is 1.97. The Bertz CT molecular complexity index is 231. The van der Waals surface area contributed by atoms with Crippen molar-refractivity contribution in [3.63, 3.8) is 0 Å². The summed E-state index contributed by atoms with van der Waals surface area (Å²) in [5.74, 6) is 11.2. The SMILES string of the molecule is CCCCC#CC#C[C@H](O)C(C)C. The maximum absolute atomic E-state index is 9.29. The predicted octanol–water partition coefficient (Wildman–Crippen LogP) is 2.20. The van der Waals surface area contributed by atoms with E-state index in [-0.39, 0.29) is 5.92 Å². The largest absolute Gasteiger partial charge is 0.380 e. The molecule has 1 atom stereocenters. The summed E-state index contributed by atoms with van der Waals surface area (Å²) in [6.07, 6.45) is 2.65. The second kappa shape index (κ2) is 7.71. The molecule has 0 rings (SSSR count). The summed E-state index contributed by atoms with van der Waals surface area (Å²) in [5.41, 5.74) is 0. The first-order chi connectivity index (χ1) is 6.18. The smallest absolute Gasteiger partial charge is 0.118 e. The van der Waals surface area contributed by atoms with E-state index >= 15 is 0 Å². The highest BCUT2D eigenvalue weighted by atomic mass is 16.3. The quantitative estimate of drug-likeness (QED) is 0.519. The van der Waals surface area contributed by atoms with Crippen LogP contribution in [0.25, 0.3) is 0 Å². The van der Waals surface area contributed by atoms with Gasteiger partial charge >= 0.3 is 0 Å². The molecule has 0 aromatic rings. The average molecular weight is 178 g/mol. The maximum Gasteiger partial charge on any atom is 0.118 e. The fraction of sp³-hybridized carbons (Fsp3) is 0.667. The second-order valence-electron chi connectivity index (χ2n) is 3.36. The van der Waals surface area contributed by atoms with Crippen molar-refractivity contribution in [2.24, 2.45) is 5.92 Å². The number of unbranched alkanes of at least 4 members (excludes halogenated alkanes) is 2. The van der Waals surface area contributed by atoms with Crippen molar-refractivity contribution in [1.29, 1.82) is 0 Å². The van der Waals surface area contributed by atoms with Crippen LogP contribution in [-0.4, -0.2) is 11.2 Å². The van der Waals surface area contributed by atoms with Crippen LogP contribution in [0.5, 0.6) is 0 Å². The number of aliphatic hydroxyl groups is 1. The van der Waals surface area contributed by atoms with Gasteiger partial charge in [-0.1, -0.05) is 39.0 Å². The summed E-state index contributed by atoms with van der Waals surface area (Å²) >= 11 is 0. The first kappa shape index (κ1) is 12.1. The van der Waals surface area contributed by atoms with Gasteiger partial charge in [-0.2, -0.15) is 0 Å². The standard InChI is InChI=1S/C12H18O/c1-4-5-6-7-8-9-10-12(13)11(2)3/h11-13H,4-6H2,1-3H3/t12-/m0/s1. The van der Waals surface area contributed by atoms with Crippen LogP contribution in [0, 0.1) is 29.6 Å². The molecule has 0 fully saturated rings. The van der Waals surface area contributed by atoms with E-state index in [0.29, 0.717) is 0 Å². The Morgan fingerprint density at radius 3 is 2.46 bits per heavy atom. The Hall–Kier alpha value is -0.920. The van der Waals surface area contributed by atoms with E-state index in [0.717, 1.165) is 19.3 Å². The lowest BCUT2D eigenvalue weighted by atomic mass is 10.1. The van der Waals surface area contributed by atoms with Crippen LogP contribution in [0.1, 0.15) is 40.0 Å². The van der Waals surface area contributed by atoms with Crippen molar-refractivity contribution in [1.82, 2.24) is 0 Å². The lowest BCUT2D eigenvalue weighted by Crippen LogP contribution is -2.10. The Morgan fingerprint density at radius 2 is 1.92 bits per heavy atom. The lowest BCUT2D eigenvalue weighted by Gasteiger charge is -2.04. The highest BCUT2D eigenvalue weighted by Gasteiger charge is 2.02. The normalized spacial score (nSPS) is 11.2. The Balaban J connectivity index is 3.75. The first-order valence-electron chi connectivity index (χ1n) is 4.85. The molecule has 0 aromatic carbocycles. The number of hydrogen-bond acceptors (Lipinski definition) is 1. The van der Waals surface area contributed by atoms with Crippen molar-refractivity contribution in [3.8, 4) is 23.7 Å². The monoisotopic (exact) mass is 178 g/mol. The molecular weight excluding hydrogens is 160 g/mol. The van der Waals surface area contributed by atoms with Gasteiger partial charge in [-0.15, -0.1) is 0 Å². The molecular formula is C12H18O. The molecule has 1 nitrogen and oxygen atoms in total. The molecule has 0 heterocycles. The molecule has 0 aliphatic carbocycles. The van der Waals surface area contributed by atoms with E-state index in [9.17, 15) is 5.11 Å². The average Bonchev–Trinajstić information content (AvgIpc) is 2.10. The van der Waals surface area contributed by atoms with Crippen molar-refractivity contribution < 1.29 is 5.11 Å². The molecule has 0 spiro atoms. The third-order valence-electron chi connectivity index (χ3n) is 1.66. The van der Waals surface area contributed by atoms with E-state index in [2.05, 4.69) is 30.6 Å². The third-order valence-corrected chi connectivity index (χ3v) is 1.66. The number of aliphatic hydroxyl groups excluding tert-OH is 1. The third kappa shape index (κ3) is 7.44. The first-order valence-corrected chi connectivity index (χ1v) is 4.85. The summed E-state index contributed by atoms with van der Waals surface area (Å²) in [7, 11) is 0. The van der Waals surface area contributed by atoms with E-state index in [1.807, 2.05) is 13.8 Å². The molecule has 13 heavy (non-hydrogen) atoms. The van der Waals surface area contributed by atoms with Crippen LogP contribution in [-0.2, 0) is 0 Å². The van der Waals surface area contributed by atoms with Gasteiger partial charge < -0.3 is 5.11 Å². The van der Waals surface area contributed by atoms with Gasteiger partial charge in [0.15, 0.2) is 0 Å². The van der Waals surface area contributed by atoms with Gasteiger partial charge in [-0.3, -0.25) is 0 Å². The molecule has 0 saturated heterocycles. The number of rotatable bonds is 3. The topological polar surface area (TPSA) is 20.2 Å². The van der Waals surface area contributed by atoms with Crippen molar-refractivity contribution >= 4 is 0 Å². The zero-order chi connectivity index (χ0) is 10.1. The van der Waals surface area contributed by atoms with Crippen LogP contribution < -0.4 is 0 Å². The summed E-state index contributed by atoms with van der Waals surface area (Å²) in [5, 5.41) is 9.29. The van der Waals surface area contributed by atoms with Crippen molar-refractivity contribution in [3.05, 3.63) is 0 Å². The van der Waals surface area contributed by atoms with E-state index < -0.39 is 6.10 Å². The Labute approximate surface area is 81.5 Å². The fourth-order valence-corrected chi connectivity index (χ4v) is 0.649. The van der Waals surface area contributed by atoms with Gasteiger partial charge in [0.2, 0.25) is 0 Å². The minimum Gasteiger partial charge on any atom is -0.380 e. The van der Waals surface area contributed by atoms with Gasteiger partial charge in [0.25, 0.3) is 0 Å². The summed E-state index contributed by atoms with van der Waals surface area (Å²) in [6.45, 7) is 6.00. The van der Waals surface area contributed by atoms with Gasteiger partial charge in [0, 0.05) is 6.42 Å². The van der Waals surface area contributed by atoms with E-state index in [1.165, 1.54) is 0 Å². The summed E-state index contributed by atoms with van der Waals surface area (Å²) < 4.78 is 0. The molecule has 1 N–H and O–H groups in total. The van der Waals surface area contributed by atoms with Gasteiger partial charge in [0.05, 0.1) is 0 Å². The molecule has 72 valence electrons. The highest BCUT2D eigenvalue weighted by molar-refractivity contribution is 5.27. The second-order valence-corrected chi connectivity index (χ2v) is 3.36. The Kier molecular flexibility index (Phi) is 7.17. The van der Waals surface area contributed by atoms with Crippen LogP contribution in [0.4, 0.5) is 0 Å². The molecule has 0 aromatic heterocycles. The minimum absolute atomic E-state index is 0.185. The van der Waals surface area contributed by atoms with Crippen LogP contribution in [0.2, 0.25) is 0 Å². The van der Waals surface area contributed by atoms with Crippen LogP contribution >= 0.6 is 0 Å². The minimum atomic E-state index is -0.541. The zero-order valence-corrected chi connectivity index (χ0v) is 8.72. The Morgan fingerprint density at radius 1 is 1.23 bits per heavy atom.